The van der Waals surface area contributed by atoms with Crippen LogP contribution in [0.15, 0.2) is 18.3 Å². The van der Waals surface area contributed by atoms with E-state index in [-0.39, 0.29) is 25.1 Å². The van der Waals surface area contributed by atoms with Crippen LogP contribution in [0.2, 0.25) is 0 Å². The molecule has 1 amide bonds. The smallest absolute Gasteiger partial charge is 0.391 e. The number of hydrogen-bond donors (Lipinski definition) is 0. The molecule has 2 unspecified atom stereocenters. The van der Waals surface area contributed by atoms with Gasteiger partial charge in [0.15, 0.2) is 6.29 Å². The van der Waals surface area contributed by atoms with Gasteiger partial charge >= 0.3 is 6.18 Å². The molecule has 0 radical (unpaired) electrons. The van der Waals surface area contributed by atoms with E-state index < -0.39 is 18.1 Å². The van der Waals surface area contributed by atoms with Gasteiger partial charge in [-0.2, -0.15) is 19.6 Å². The first-order valence-electron chi connectivity index (χ1n) is 6.08. The number of carbonyl (C=O) groups excluding carboxylic acids is 2. The average molecular weight is 542 g/mol. The number of alkyl halides is 3. The average Bonchev–Trinajstić information content (AvgIpc) is 2.45. The second-order valence-corrected chi connectivity index (χ2v) is 4.66. The van der Waals surface area contributed by atoms with Gasteiger partial charge in [-0.3, -0.25) is 9.78 Å². The van der Waals surface area contributed by atoms with E-state index in [0.717, 1.165) is 0 Å². The van der Waals surface area contributed by atoms with Crippen molar-refractivity contribution in [2.45, 2.75) is 25.1 Å². The van der Waals surface area contributed by atoms with Crippen molar-refractivity contribution in [2.24, 2.45) is 5.92 Å². The van der Waals surface area contributed by atoms with Gasteiger partial charge < -0.3 is 9.69 Å². The van der Waals surface area contributed by atoms with Crippen LogP contribution in [0.5, 0.6) is 0 Å². The molecule has 1 aromatic rings. The largest absolute Gasteiger partial charge is 0.520 e. The summed E-state index contributed by atoms with van der Waals surface area (Å²) in [6.45, 7) is -0.0362. The second-order valence-electron chi connectivity index (χ2n) is 4.66. The van der Waals surface area contributed by atoms with Crippen molar-refractivity contribution in [3.8, 4) is 0 Å². The Labute approximate surface area is 113 Å². The molecule has 0 saturated carbocycles. The van der Waals surface area contributed by atoms with Gasteiger partial charge in [-0.1, -0.05) is 6.07 Å². The Balaban J connectivity index is 0.00000220. The van der Waals surface area contributed by atoms with Crippen LogP contribution in [0.4, 0.5) is 13.2 Å². The molecule has 1 fully saturated rings. The van der Waals surface area contributed by atoms with Crippen molar-refractivity contribution in [2.75, 3.05) is 6.54 Å². The molecule has 1 aliphatic rings. The molecule has 0 aromatic carbocycles. The number of nitrogens with zero attached hydrogens (tertiary/aromatic N) is 2. The molecule has 0 spiro atoms. The number of likely N-dealkylation sites (tertiary alicyclic amines) is 1. The first-order chi connectivity index (χ1) is 9.47. The topological polar surface area (TPSA) is 50.3 Å². The predicted octanol–water partition coefficient (Wildman–Crippen LogP) is 2.28. The molecule has 0 aliphatic carbocycles. The van der Waals surface area contributed by atoms with Crippen LogP contribution in [0.1, 0.15) is 34.9 Å². The molecule has 1 aromatic heterocycles. The first-order valence-corrected chi connectivity index (χ1v) is 6.08. The Morgan fingerprint density at radius 1 is 1.43 bits per heavy atom. The molecule has 2 rings (SSSR count). The fourth-order valence-electron chi connectivity index (χ4n) is 2.48. The molecule has 8 heteroatoms. The summed E-state index contributed by atoms with van der Waals surface area (Å²) in [6, 6.07) is 2.23. The molecule has 1 saturated heterocycles. The van der Waals surface area contributed by atoms with Crippen LogP contribution in [-0.4, -0.2) is 35.3 Å². The third kappa shape index (κ3) is 3.16. The number of pyridine rings is 1. The van der Waals surface area contributed by atoms with Crippen molar-refractivity contribution >= 4 is 12.7 Å². The summed E-state index contributed by atoms with van der Waals surface area (Å²) >= 11 is 0. The summed E-state index contributed by atoms with van der Waals surface area (Å²) in [6.07, 6.45) is -1.22. The maximum Gasteiger partial charge on any atom is 0.391 e. The van der Waals surface area contributed by atoms with Gasteiger partial charge in [0.05, 0.1) is 5.92 Å². The maximum atomic E-state index is 12.8. The molecule has 0 bridgehead atoms. The summed E-state index contributed by atoms with van der Waals surface area (Å²) in [7, 11) is 0. The van der Waals surface area contributed by atoms with E-state index in [1.54, 1.807) is 6.41 Å². The number of rotatable bonds is 3. The van der Waals surface area contributed by atoms with Gasteiger partial charge in [-0.05, 0) is 25.5 Å². The van der Waals surface area contributed by atoms with Crippen LogP contribution in [0, 0.1) is 5.92 Å². The zero-order valence-electron chi connectivity index (χ0n) is 10.7. The number of piperidine rings is 1. The standard InChI is InChI=1S/C13H12F3N2O2.Fm/c14-13(15,16)9-3-5-18(8-20)12(6-9)10-2-1-4-17-11(10)7-19;/h1-2,4,7,9,12H,3,5-6H2;/q-1;. The Bertz CT molecular complexity index is 510. The van der Waals surface area contributed by atoms with Gasteiger partial charge in [0.2, 0.25) is 0 Å². The molecule has 2 heterocycles. The van der Waals surface area contributed by atoms with Crippen molar-refractivity contribution in [3.05, 3.63) is 29.6 Å². The first kappa shape index (κ1) is 16.1. The van der Waals surface area contributed by atoms with E-state index in [2.05, 4.69) is 4.98 Å². The summed E-state index contributed by atoms with van der Waals surface area (Å²) in [5, 5.41) is 0. The molecular weight excluding hydrogens is 530 g/mol. The minimum absolute atomic E-state index is 0. The SMILES string of the molecule is O=[C-]N1CCC(C(F)(F)F)CC1c1cccnc1C=O.[Fm]. The third-order valence-electron chi connectivity index (χ3n) is 3.52. The van der Waals surface area contributed by atoms with Gasteiger partial charge in [-0.15, -0.1) is 0 Å². The van der Waals surface area contributed by atoms with Gasteiger partial charge in [-0.25, -0.2) is 0 Å². The molecule has 2 atom stereocenters. The molecule has 120 valence electrons. The summed E-state index contributed by atoms with van der Waals surface area (Å²) in [5.41, 5.74) is 0.389. The summed E-state index contributed by atoms with van der Waals surface area (Å²) < 4.78 is 38.5. The van der Waals surface area contributed by atoms with Crippen LogP contribution >= 0.6 is 0 Å². The van der Waals surface area contributed by atoms with Crippen LogP contribution < -0.4 is 0 Å². The Hall–Kier alpha value is -2.92. The molecule has 1 aliphatic heterocycles. The normalized spacial score (nSPS) is 22.3. The van der Waals surface area contributed by atoms with Crippen LogP contribution in [-0.2, 0) is 4.79 Å². The van der Waals surface area contributed by atoms with E-state index in [9.17, 15) is 22.8 Å². The molecule has 21 heavy (non-hydrogen) atoms. The van der Waals surface area contributed by atoms with E-state index in [0.29, 0.717) is 11.8 Å². The van der Waals surface area contributed by atoms with E-state index in [1.807, 2.05) is 0 Å². The fourth-order valence-corrected chi connectivity index (χ4v) is 2.48. The van der Waals surface area contributed by atoms with Crippen LogP contribution in [0.3, 0.4) is 0 Å². The zero-order valence-corrected chi connectivity index (χ0v) is 13.1. The van der Waals surface area contributed by atoms with Crippen molar-refractivity contribution in [1.29, 1.82) is 0 Å². The molecular formula is C13H12F3FmN2O2-. The van der Waals surface area contributed by atoms with Crippen molar-refractivity contribution < 1.29 is 22.8 Å². The molecule has 0 N–H and O–H groups in total. The van der Waals surface area contributed by atoms with Gasteiger partial charge in [0, 0.05) is 17.8 Å². The van der Waals surface area contributed by atoms with Crippen molar-refractivity contribution in [3.63, 3.8) is 0 Å². The maximum absolute atomic E-state index is 12.8. The monoisotopic (exact) mass is 542 g/mol. The number of halogens is 3. The van der Waals surface area contributed by atoms with Crippen LogP contribution in [0.25, 0.3) is 0 Å². The minimum atomic E-state index is -4.31. The molecule has 4 nitrogen and oxygen atoms in total. The summed E-state index contributed by atoms with van der Waals surface area (Å²) in [4.78, 5) is 26.8. The Kier molecular flexibility index (Phi) is 4.63. The quantitative estimate of drug-likeness (QED) is 0.436. The minimum Gasteiger partial charge on any atom is -0.520 e. The van der Waals surface area contributed by atoms with Gasteiger partial charge in [0.25, 0.3) is 0 Å². The van der Waals surface area contributed by atoms with Gasteiger partial charge in [0.1, 0.15) is 5.69 Å². The number of amides is 1. The fraction of sp³-hybridized carbons (Fsp3) is 0.462. The zero-order chi connectivity index (χ0) is 14.8. The van der Waals surface area contributed by atoms with E-state index in [1.165, 1.54) is 23.2 Å². The van der Waals surface area contributed by atoms with E-state index >= 15 is 0 Å². The van der Waals surface area contributed by atoms with E-state index in [4.69, 9.17) is 0 Å². The predicted molar refractivity (Wildman–Crippen MR) is 63.5 cm³/mol. The van der Waals surface area contributed by atoms with Crippen molar-refractivity contribution in [1.82, 2.24) is 9.88 Å². The summed E-state index contributed by atoms with van der Waals surface area (Å²) in [5.74, 6) is -1.49. The second kappa shape index (κ2) is 6.02. The number of hydrogen-bond acceptors (Lipinski definition) is 3. The Morgan fingerprint density at radius 2 is 2.14 bits per heavy atom. The third-order valence-corrected chi connectivity index (χ3v) is 3.52. The number of aromatic nitrogens is 1. The Morgan fingerprint density at radius 3 is 2.71 bits per heavy atom. The number of carbonyl (C=O) groups is 1. The number of aldehydes is 1.